The van der Waals surface area contributed by atoms with Crippen LogP contribution in [0.15, 0.2) is 77.0 Å². The lowest BCUT2D eigenvalue weighted by Gasteiger charge is -2.10. The van der Waals surface area contributed by atoms with Crippen molar-refractivity contribution in [1.82, 2.24) is 15.7 Å². The number of nitrogens with one attached hydrogen (secondary N) is 3. The smallest absolute Gasteiger partial charge is 0.271 e. The van der Waals surface area contributed by atoms with Crippen molar-refractivity contribution >= 4 is 69.6 Å². The molecular formula is C24H17Cl2N5O4S. The summed E-state index contributed by atoms with van der Waals surface area (Å²) in [4.78, 5) is 41.0. The van der Waals surface area contributed by atoms with Gasteiger partial charge in [-0.3, -0.25) is 24.7 Å². The highest BCUT2D eigenvalue weighted by Gasteiger charge is 2.25. The molecule has 3 N–H and O–H groups in total. The molecule has 2 heterocycles. The highest BCUT2D eigenvalue weighted by Crippen LogP contribution is 2.31. The molecule has 0 unspecified atom stereocenters. The molecule has 1 fully saturated rings. The van der Waals surface area contributed by atoms with E-state index in [4.69, 9.17) is 27.9 Å². The van der Waals surface area contributed by atoms with E-state index in [9.17, 15) is 14.4 Å². The summed E-state index contributed by atoms with van der Waals surface area (Å²) in [6, 6.07) is 14.6. The quantitative estimate of drug-likeness (QED) is 0.302. The summed E-state index contributed by atoms with van der Waals surface area (Å²) < 4.78 is 5.68. The van der Waals surface area contributed by atoms with E-state index in [1.807, 2.05) is 0 Å². The van der Waals surface area contributed by atoms with Gasteiger partial charge in [-0.15, -0.1) is 5.10 Å². The number of hydrogen-bond donors (Lipinski definition) is 3. The molecule has 0 atom stereocenters. The van der Waals surface area contributed by atoms with Crippen LogP contribution in [0.5, 0.6) is 5.75 Å². The monoisotopic (exact) mass is 541 g/mol. The van der Waals surface area contributed by atoms with Crippen LogP contribution in [-0.4, -0.2) is 34.5 Å². The molecule has 0 radical (unpaired) electrons. The van der Waals surface area contributed by atoms with Crippen LogP contribution in [-0.2, 0) is 9.59 Å². The van der Waals surface area contributed by atoms with Crippen LogP contribution in [0.1, 0.15) is 15.9 Å². The Morgan fingerprint density at radius 3 is 2.53 bits per heavy atom. The Bertz CT molecular complexity index is 1360. The van der Waals surface area contributed by atoms with Crippen LogP contribution in [0.3, 0.4) is 0 Å². The number of rotatable bonds is 7. The van der Waals surface area contributed by atoms with Crippen molar-refractivity contribution in [2.45, 2.75) is 0 Å². The van der Waals surface area contributed by atoms with Gasteiger partial charge in [-0.25, -0.2) is 5.43 Å². The van der Waals surface area contributed by atoms with Gasteiger partial charge in [0.1, 0.15) is 5.75 Å². The minimum Gasteiger partial charge on any atom is -0.483 e. The summed E-state index contributed by atoms with van der Waals surface area (Å²) in [7, 11) is 0. The predicted octanol–water partition coefficient (Wildman–Crippen LogP) is 4.31. The second-order valence-corrected chi connectivity index (χ2v) is 9.09. The molecule has 1 aromatic heterocycles. The standard InChI is InChI=1S/C24H17Cl2N5O4S/c25-16-1-4-18(5-2-16)28-21(32)13-35-19-6-3-17(26)11-15(19)12-20-23(34)29-24(36-20)31-30-22(33)14-7-9-27-10-8-14/h1-12H,13H2,(H,28,32)(H,30,33)(H,29,31,34). The first-order valence-electron chi connectivity index (χ1n) is 10.3. The fourth-order valence-corrected chi connectivity index (χ4v) is 4.01. The van der Waals surface area contributed by atoms with Gasteiger partial charge in [-0.1, -0.05) is 23.2 Å². The van der Waals surface area contributed by atoms with E-state index in [2.05, 4.69) is 26.1 Å². The molecule has 12 heteroatoms. The number of ether oxygens (including phenoxy) is 1. The highest BCUT2D eigenvalue weighted by molar-refractivity contribution is 8.18. The zero-order valence-electron chi connectivity index (χ0n) is 18.3. The number of nitrogens with zero attached hydrogens (tertiary/aromatic N) is 2. The van der Waals surface area contributed by atoms with E-state index in [-0.39, 0.29) is 17.7 Å². The van der Waals surface area contributed by atoms with E-state index >= 15 is 0 Å². The largest absolute Gasteiger partial charge is 0.483 e. The maximum Gasteiger partial charge on any atom is 0.271 e. The summed E-state index contributed by atoms with van der Waals surface area (Å²) in [6.07, 6.45) is 4.54. The van der Waals surface area contributed by atoms with Crippen molar-refractivity contribution < 1.29 is 19.1 Å². The Kier molecular flexibility index (Phi) is 8.21. The van der Waals surface area contributed by atoms with Gasteiger partial charge in [0.05, 0.1) is 4.91 Å². The van der Waals surface area contributed by atoms with Crippen LogP contribution in [0.4, 0.5) is 5.69 Å². The Morgan fingerprint density at radius 2 is 1.78 bits per heavy atom. The van der Waals surface area contributed by atoms with E-state index < -0.39 is 11.8 Å². The number of anilines is 1. The molecule has 182 valence electrons. The first kappa shape index (κ1) is 25.2. The van der Waals surface area contributed by atoms with Gasteiger partial charge in [0.15, 0.2) is 11.8 Å². The Labute approximate surface area is 219 Å². The van der Waals surface area contributed by atoms with Gasteiger partial charge < -0.3 is 10.1 Å². The molecule has 0 saturated carbocycles. The number of thioether (sulfide) groups is 1. The number of amides is 3. The van der Waals surface area contributed by atoms with E-state index in [1.54, 1.807) is 48.5 Å². The number of pyridine rings is 1. The van der Waals surface area contributed by atoms with Gasteiger partial charge in [0.25, 0.3) is 17.7 Å². The third kappa shape index (κ3) is 6.85. The third-order valence-corrected chi connectivity index (χ3v) is 5.99. The molecular weight excluding hydrogens is 525 g/mol. The fraction of sp³-hybridized carbons (Fsp3) is 0.0417. The van der Waals surface area contributed by atoms with Crippen LogP contribution >= 0.6 is 35.0 Å². The number of carbonyl (C=O) groups excluding carboxylic acids is 3. The van der Waals surface area contributed by atoms with Crippen molar-refractivity contribution in [2.75, 3.05) is 11.9 Å². The van der Waals surface area contributed by atoms with Crippen molar-refractivity contribution in [1.29, 1.82) is 0 Å². The maximum absolute atomic E-state index is 12.4. The minimum absolute atomic E-state index is 0.195. The Balaban J connectivity index is 1.42. The molecule has 0 bridgehead atoms. The lowest BCUT2D eigenvalue weighted by Crippen LogP contribution is -2.25. The highest BCUT2D eigenvalue weighted by atomic mass is 35.5. The molecule has 0 spiro atoms. The molecule has 36 heavy (non-hydrogen) atoms. The van der Waals surface area contributed by atoms with Crippen molar-refractivity contribution in [3.8, 4) is 5.75 Å². The Morgan fingerprint density at radius 1 is 1.06 bits per heavy atom. The van der Waals surface area contributed by atoms with E-state index in [1.165, 1.54) is 24.5 Å². The van der Waals surface area contributed by atoms with Crippen molar-refractivity contribution in [2.24, 2.45) is 5.10 Å². The summed E-state index contributed by atoms with van der Waals surface area (Å²) in [6.45, 7) is -0.270. The number of aromatic nitrogens is 1. The summed E-state index contributed by atoms with van der Waals surface area (Å²) >= 11 is 13.0. The maximum atomic E-state index is 12.4. The number of hydrogen-bond acceptors (Lipinski definition) is 7. The molecule has 3 amide bonds. The summed E-state index contributed by atoms with van der Waals surface area (Å²) in [5.41, 5.74) is 3.82. The zero-order valence-corrected chi connectivity index (χ0v) is 20.7. The lowest BCUT2D eigenvalue weighted by molar-refractivity contribution is -0.118. The predicted molar refractivity (Wildman–Crippen MR) is 140 cm³/mol. The number of amidine groups is 1. The first-order valence-corrected chi connectivity index (χ1v) is 11.9. The van der Waals surface area contributed by atoms with E-state index in [0.717, 1.165) is 11.8 Å². The molecule has 1 saturated heterocycles. The van der Waals surface area contributed by atoms with Gasteiger partial charge in [-0.05, 0) is 72.4 Å². The normalized spacial score (nSPS) is 15.0. The second kappa shape index (κ2) is 11.7. The van der Waals surface area contributed by atoms with Gasteiger partial charge >= 0.3 is 0 Å². The zero-order chi connectivity index (χ0) is 25.5. The van der Waals surface area contributed by atoms with Crippen LogP contribution < -0.4 is 20.8 Å². The number of benzene rings is 2. The molecule has 3 aromatic rings. The lowest BCUT2D eigenvalue weighted by atomic mass is 10.2. The molecule has 0 aliphatic carbocycles. The molecule has 1 aliphatic heterocycles. The average Bonchev–Trinajstić information content (AvgIpc) is 3.23. The van der Waals surface area contributed by atoms with Crippen LogP contribution in [0.2, 0.25) is 10.0 Å². The summed E-state index contributed by atoms with van der Waals surface area (Å²) in [5.74, 6) is -0.885. The second-order valence-electron chi connectivity index (χ2n) is 7.18. The van der Waals surface area contributed by atoms with Crippen molar-refractivity contribution in [3.63, 3.8) is 0 Å². The molecule has 9 nitrogen and oxygen atoms in total. The van der Waals surface area contributed by atoms with Crippen molar-refractivity contribution in [3.05, 3.63) is 93.1 Å². The number of hydrazone groups is 1. The number of halogens is 2. The average molecular weight is 542 g/mol. The Hall–Kier alpha value is -3.86. The number of carbonyl (C=O) groups is 3. The van der Waals surface area contributed by atoms with Gasteiger partial charge in [-0.2, -0.15) is 0 Å². The van der Waals surface area contributed by atoms with Gasteiger partial charge in [0, 0.05) is 39.3 Å². The first-order chi connectivity index (χ1) is 17.4. The summed E-state index contributed by atoms with van der Waals surface area (Å²) in [5, 5.41) is 10.4. The molecule has 2 aromatic carbocycles. The van der Waals surface area contributed by atoms with Crippen LogP contribution in [0.25, 0.3) is 6.08 Å². The van der Waals surface area contributed by atoms with Crippen LogP contribution in [0, 0.1) is 0 Å². The minimum atomic E-state index is -0.445. The van der Waals surface area contributed by atoms with E-state index in [0.29, 0.717) is 37.5 Å². The fourth-order valence-electron chi connectivity index (χ4n) is 2.93. The SMILES string of the molecule is O=C(COc1ccc(Cl)cc1C=C1S/C(=N/NC(=O)c2ccncc2)NC1=O)Nc1ccc(Cl)cc1. The molecule has 4 rings (SSSR count). The van der Waals surface area contributed by atoms with Gasteiger partial charge in [0.2, 0.25) is 0 Å². The molecule has 1 aliphatic rings. The topological polar surface area (TPSA) is 122 Å². The third-order valence-electron chi connectivity index (χ3n) is 4.60.